The molecule has 3 nitrogen and oxygen atoms in total. The SMILES string of the molecule is O=C(Cl)Cl.Oc1ccc(O)cc1. The van der Waals surface area contributed by atoms with Crippen molar-refractivity contribution in [3.63, 3.8) is 0 Å². The molecule has 0 heterocycles. The van der Waals surface area contributed by atoms with E-state index in [4.69, 9.17) is 15.0 Å². The van der Waals surface area contributed by atoms with Crippen LogP contribution in [-0.2, 0) is 0 Å². The maximum atomic E-state index is 8.98. The third kappa shape index (κ3) is 7.18. The van der Waals surface area contributed by atoms with Gasteiger partial charge in [0.15, 0.2) is 0 Å². The fourth-order valence-corrected chi connectivity index (χ4v) is 0.453. The van der Waals surface area contributed by atoms with E-state index in [1.165, 1.54) is 24.3 Å². The Morgan fingerprint density at radius 3 is 1.33 bits per heavy atom. The van der Waals surface area contributed by atoms with E-state index in [-0.39, 0.29) is 11.5 Å². The van der Waals surface area contributed by atoms with Crippen molar-refractivity contribution in [2.24, 2.45) is 0 Å². The Morgan fingerprint density at radius 1 is 1.00 bits per heavy atom. The van der Waals surface area contributed by atoms with Crippen LogP contribution in [0.4, 0.5) is 4.79 Å². The minimum absolute atomic E-state index is 0.169. The van der Waals surface area contributed by atoms with E-state index in [1.807, 2.05) is 0 Å². The highest BCUT2D eigenvalue weighted by molar-refractivity contribution is 6.93. The first-order chi connectivity index (χ1) is 5.52. The van der Waals surface area contributed by atoms with Gasteiger partial charge in [-0.15, -0.1) is 0 Å². The Hall–Kier alpha value is -0.930. The van der Waals surface area contributed by atoms with Gasteiger partial charge in [-0.1, -0.05) is 0 Å². The molecule has 0 amide bonds. The third-order valence-electron chi connectivity index (χ3n) is 0.850. The lowest BCUT2D eigenvalue weighted by Gasteiger charge is -1.88. The molecule has 0 atom stereocenters. The zero-order valence-electron chi connectivity index (χ0n) is 5.87. The lowest BCUT2D eigenvalue weighted by Crippen LogP contribution is -1.61. The van der Waals surface area contributed by atoms with Crippen LogP contribution in [0.25, 0.3) is 0 Å². The van der Waals surface area contributed by atoms with E-state index in [2.05, 4.69) is 23.2 Å². The molecule has 0 spiro atoms. The summed E-state index contributed by atoms with van der Waals surface area (Å²) < 4.78 is -0.889. The number of carbonyl (C=O) groups is 1. The van der Waals surface area contributed by atoms with Gasteiger partial charge in [-0.2, -0.15) is 0 Å². The summed E-state index contributed by atoms with van der Waals surface area (Å²) in [4.78, 5) is 8.98. The van der Waals surface area contributed by atoms with Crippen LogP contribution in [0.2, 0.25) is 0 Å². The van der Waals surface area contributed by atoms with E-state index in [0.29, 0.717) is 0 Å². The summed E-state index contributed by atoms with van der Waals surface area (Å²) in [6.07, 6.45) is 0. The van der Waals surface area contributed by atoms with Gasteiger partial charge in [0.05, 0.1) is 0 Å². The standard InChI is InChI=1S/C6H6O2.CCl2O/c7-5-1-2-6(8)4-3-5;2-1(3)4/h1-4,7-8H;. The molecule has 2 N–H and O–H groups in total. The van der Waals surface area contributed by atoms with Gasteiger partial charge in [-0.05, 0) is 47.5 Å². The summed E-state index contributed by atoms with van der Waals surface area (Å²) in [6.45, 7) is 0. The Bertz CT molecular complexity index is 220. The van der Waals surface area contributed by atoms with Gasteiger partial charge in [-0.3, -0.25) is 4.79 Å². The Kier molecular flexibility index (Phi) is 5.25. The van der Waals surface area contributed by atoms with Gasteiger partial charge in [0.1, 0.15) is 11.5 Å². The molecule has 0 bridgehead atoms. The van der Waals surface area contributed by atoms with Crippen LogP contribution in [-0.4, -0.2) is 14.9 Å². The van der Waals surface area contributed by atoms with Crippen LogP contribution in [0.3, 0.4) is 0 Å². The van der Waals surface area contributed by atoms with Crippen molar-refractivity contribution in [1.29, 1.82) is 0 Å². The van der Waals surface area contributed by atoms with Crippen molar-refractivity contribution in [2.75, 3.05) is 0 Å². The molecule has 0 aromatic heterocycles. The smallest absolute Gasteiger partial charge is 0.313 e. The second-order valence-corrected chi connectivity index (χ2v) is 2.62. The van der Waals surface area contributed by atoms with Gasteiger partial charge in [0.2, 0.25) is 0 Å². The lowest BCUT2D eigenvalue weighted by atomic mass is 10.3. The van der Waals surface area contributed by atoms with Gasteiger partial charge in [-0.25, -0.2) is 0 Å². The molecule has 0 aliphatic carbocycles. The van der Waals surface area contributed by atoms with E-state index >= 15 is 0 Å². The topological polar surface area (TPSA) is 57.5 Å². The largest absolute Gasteiger partial charge is 0.508 e. The molecule has 0 aliphatic rings. The number of benzene rings is 1. The average Bonchev–Trinajstić information content (AvgIpc) is 1.94. The molecule has 0 fully saturated rings. The first-order valence-electron chi connectivity index (χ1n) is 2.85. The first-order valence-corrected chi connectivity index (χ1v) is 3.61. The molecule has 1 rings (SSSR count). The number of halogens is 2. The predicted octanol–water partition coefficient (Wildman–Crippen LogP) is 2.68. The molecule has 1 aromatic rings. The second kappa shape index (κ2) is 5.69. The highest BCUT2D eigenvalue weighted by atomic mass is 35.5. The van der Waals surface area contributed by atoms with E-state index in [1.54, 1.807) is 0 Å². The van der Waals surface area contributed by atoms with Crippen LogP contribution in [0, 0.1) is 0 Å². The third-order valence-corrected chi connectivity index (χ3v) is 0.850. The highest BCUT2D eigenvalue weighted by Crippen LogP contribution is 2.13. The van der Waals surface area contributed by atoms with Gasteiger partial charge in [0.25, 0.3) is 0 Å². The first kappa shape index (κ1) is 11.1. The van der Waals surface area contributed by atoms with Crippen molar-refractivity contribution in [1.82, 2.24) is 0 Å². The van der Waals surface area contributed by atoms with Gasteiger partial charge >= 0.3 is 4.70 Å². The Morgan fingerprint density at radius 2 is 1.17 bits per heavy atom. The Labute approximate surface area is 79.2 Å². The molecule has 0 saturated carbocycles. The summed E-state index contributed by atoms with van der Waals surface area (Å²) in [5.74, 6) is 0.339. The quantitative estimate of drug-likeness (QED) is 0.510. The van der Waals surface area contributed by atoms with Crippen LogP contribution in [0.1, 0.15) is 0 Å². The van der Waals surface area contributed by atoms with Crippen molar-refractivity contribution in [3.8, 4) is 11.5 Å². The van der Waals surface area contributed by atoms with Crippen LogP contribution in [0.15, 0.2) is 24.3 Å². The van der Waals surface area contributed by atoms with E-state index in [0.717, 1.165) is 0 Å². The number of phenols is 2. The minimum atomic E-state index is -0.889. The number of aromatic hydroxyl groups is 2. The fourth-order valence-electron chi connectivity index (χ4n) is 0.453. The molecule has 0 unspecified atom stereocenters. The van der Waals surface area contributed by atoms with Gasteiger partial charge < -0.3 is 10.2 Å². The van der Waals surface area contributed by atoms with Crippen LogP contribution in [0.5, 0.6) is 11.5 Å². The zero-order chi connectivity index (χ0) is 9.56. The zero-order valence-corrected chi connectivity index (χ0v) is 7.38. The maximum Gasteiger partial charge on any atom is 0.313 e. The van der Waals surface area contributed by atoms with Crippen LogP contribution < -0.4 is 0 Å². The summed E-state index contributed by atoms with van der Waals surface area (Å²) in [7, 11) is 0. The molecule has 5 heteroatoms. The highest BCUT2D eigenvalue weighted by Gasteiger charge is 1.84. The number of phenolic OH excluding ortho intramolecular Hbond substituents is 2. The molecule has 66 valence electrons. The molecule has 1 aromatic carbocycles. The van der Waals surface area contributed by atoms with Crippen molar-refractivity contribution >= 4 is 27.9 Å². The van der Waals surface area contributed by atoms with E-state index in [9.17, 15) is 0 Å². The summed E-state index contributed by atoms with van der Waals surface area (Å²) in [5, 5.41) is 17.3. The monoisotopic (exact) mass is 208 g/mol. The average molecular weight is 209 g/mol. The summed E-state index contributed by atoms with van der Waals surface area (Å²) >= 11 is 8.80. The summed E-state index contributed by atoms with van der Waals surface area (Å²) in [6, 6.07) is 5.70. The van der Waals surface area contributed by atoms with Gasteiger partial charge in [0, 0.05) is 0 Å². The summed E-state index contributed by atoms with van der Waals surface area (Å²) in [5.41, 5.74) is 0. The Balaban J connectivity index is 0.000000261. The molecule has 0 aliphatic heterocycles. The molecular formula is C7H6Cl2O3. The minimum Gasteiger partial charge on any atom is -0.508 e. The molecular weight excluding hydrogens is 203 g/mol. The fraction of sp³-hybridized carbons (Fsp3) is 0. The number of rotatable bonds is 0. The van der Waals surface area contributed by atoms with Crippen molar-refractivity contribution in [2.45, 2.75) is 0 Å². The number of hydrogen-bond acceptors (Lipinski definition) is 3. The number of hydrogen-bond donors (Lipinski definition) is 2. The molecule has 0 saturated heterocycles. The van der Waals surface area contributed by atoms with Crippen LogP contribution >= 0.6 is 23.2 Å². The predicted molar refractivity (Wildman–Crippen MR) is 46.9 cm³/mol. The molecule has 12 heavy (non-hydrogen) atoms. The lowest BCUT2D eigenvalue weighted by molar-refractivity contribution is 0.275. The normalized spacial score (nSPS) is 8.17. The molecule has 0 radical (unpaired) electrons. The second-order valence-electron chi connectivity index (χ2n) is 1.74. The maximum absolute atomic E-state index is 8.98. The van der Waals surface area contributed by atoms with E-state index < -0.39 is 4.70 Å². The number of carbonyl (C=O) groups excluding carboxylic acids is 1. The van der Waals surface area contributed by atoms with Crippen molar-refractivity contribution in [3.05, 3.63) is 24.3 Å². The van der Waals surface area contributed by atoms with Crippen molar-refractivity contribution < 1.29 is 15.0 Å².